The zero-order valence-electron chi connectivity index (χ0n) is 23.6. The first-order valence-corrected chi connectivity index (χ1v) is 15.7. The average Bonchev–Trinajstić information content (AvgIpc) is 2.96. The molecular formula is C30H37N3O5S2. The fraction of sp³-hybridized carbons (Fsp3) is 0.333. The van der Waals surface area contributed by atoms with Crippen molar-refractivity contribution in [2.75, 3.05) is 30.8 Å². The SMILES string of the molecule is CCNC(=O)[C@H](CC)N(Cc1cccc(OC)c1)C(=O)CN(c1ccc(C)cc1)S(=O)(=O)c1ccc(SC)cc1. The number of ether oxygens (including phenoxy) is 1. The fourth-order valence-corrected chi connectivity index (χ4v) is 6.12. The standard InChI is InChI=1S/C30H37N3O5S2/c1-6-28(30(35)31-7-2)32(20-23-9-8-10-25(19-23)38-4)29(34)21-33(24-13-11-22(3)12-14-24)40(36,37)27-17-15-26(39-5)16-18-27/h8-19,28H,6-7,20-21H2,1-5H3,(H,31,35)/t28-/m0/s1. The van der Waals surface area contributed by atoms with Gasteiger partial charge in [0.15, 0.2) is 0 Å². The van der Waals surface area contributed by atoms with Crippen molar-refractivity contribution in [3.8, 4) is 5.75 Å². The van der Waals surface area contributed by atoms with Gasteiger partial charge >= 0.3 is 0 Å². The monoisotopic (exact) mass is 583 g/mol. The molecule has 0 bridgehead atoms. The van der Waals surface area contributed by atoms with Crippen molar-refractivity contribution in [2.45, 2.75) is 49.6 Å². The van der Waals surface area contributed by atoms with Crippen LogP contribution in [0, 0.1) is 6.92 Å². The zero-order valence-corrected chi connectivity index (χ0v) is 25.2. The lowest BCUT2D eigenvalue weighted by Crippen LogP contribution is -2.52. The summed E-state index contributed by atoms with van der Waals surface area (Å²) in [7, 11) is -2.55. The normalized spacial score (nSPS) is 11.9. The molecule has 0 radical (unpaired) electrons. The first-order chi connectivity index (χ1) is 19.1. The van der Waals surface area contributed by atoms with Crippen molar-refractivity contribution in [3.63, 3.8) is 0 Å². The van der Waals surface area contributed by atoms with Gasteiger partial charge in [0, 0.05) is 18.0 Å². The van der Waals surface area contributed by atoms with Crippen LogP contribution in [0.25, 0.3) is 0 Å². The first-order valence-electron chi connectivity index (χ1n) is 13.1. The molecule has 3 aromatic carbocycles. The van der Waals surface area contributed by atoms with E-state index in [1.54, 1.807) is 67.8 Å². The molecule has 0 aliphatic rings. The highest BCUT2D eigenvalue weighted by Crippen LogP contribution is 2.27. The van der Waals surface area contributed by atoms with Crippen molar-refractivity contribution in [2.24, 2.45) is 0 Å². The molecule has 0 saturated heterocycles. The quantitative estimate of drug-likeness (QED) is 0.289. The molecule has 0 heterocycles. The minimum absolute atomic E-state index is 0.0776. The summed E-state index contributed by atoms with van der Waals surface area (Å²) in [5.41, 5.74) is 2.08. The van der Waals surface area contributed by atoms with Crippen LogP contribution in [-0.4, -0.2) is 57.6 Å². The number of sulfonamides is 1. The second kappa shape index (κ2) is 14.2. The number of hydrogen-bond donors (Lipinski definition) is 1. The van der Waals surface area contributed by atoms with Crippen LogP contribution >= 0.6 is 11.8 Å². The summed E-state index contributed by atoms with van der Waals surface area (Å²) in [5, 5.41) is 2.81. The van der Waals surface area contributed by atoms with Gasteiger partial charge in [-0.1, -0.05) is 36.8 Å². The minimum atomic E-state index is -4.11. The van der Waals surface area contributed by atoms with Crippen molar-refractivity contribution < 1.29 is 22.7 Å². The van der Waals surface area contributed by atoms with E-state index < -0.39 is 28.5 Å². The summed E-state index contributed by atoms with van der Waals surface area (Å²) in [6.45, 7) is 5.58. The van der Waals surface area contributed by atoms with Gasteiger partial charge < -0.3 is 15.0 Å². The Balaban J connectivity index is 2.06. The Morgan fingerprint density at radius 2 is 1.68 bits per heavy atom. The van der Waals surface area contributed by atoms with Gasteiger partial charge in [0.25, 0.3) is 10.0 Å². The van der Waals surface area contributed by atoms with Gasteiger partial charge in [-0.2, -0.15) is 0 Å². The lowest BCUT2D eigenvalue weighted by molar-refractivity contribution is -0.140. The number of amides is 2. The average molecular weight is 584 g/mol. The van der Waals surface area contributed by atoms with Crippen molar-refractivity contribution in [1.29, 1.82) is 0 Å². The highest BCUT2D eigenvalue weighted by molar-refractivity contribution is 7.98. The Labute approximate surface area is 241 Å². The lowest BCUT2D eigenvalue weighted by atomic mass is 10.1. The molecule has 214 valence electrons. The first kappa shape index (κ1) is 31.0. The van der Waals surface area contributed by atoms with Crippen LogP contribution in [0.15, 0.2) is 82.6 Å². The van der Waals surface area contributed by atoms with Gasteiger partial charge in [-0.25, -0.2) is 8.42 Å². The van der Waals surface area contributed by atoms with Crippen molar-refractivity contribution in [1.82, 2.24) is 10.2 Å². The highest BCUT2D eigenvalue weighted by Gasteiger charge is 2.33. The van der Waals surface area contributed by atoms with Gasteiger partial charge in [0.05, 0.1) is 17.7 Å². The van der Waals surface area contributed by atoms with Crippen LogP contribution in [0.2, 0.25) is 0 Å². The van der Waals surface area contributed by atoms with Crippen molar-refractivity contribution >= 4 is 39.3 Å². The summed E-state index contributed by atoms with van der Waals surface area (Å²) in [4.78, 5) is 29.5. The van der Waals surface area contributed by atoms with E-state index in [9.17, 15) is 18.0 Å². The maximum Gasteiger partial charge on any atom is 0.264 e. The topological polar surface area (TPSA) is 96.0 Å². The third-order valence-corrected chi connectivity index (χ3v) is 9.00. The predicted molar refractivity (Wildman–Crippen MR) is 160 cm³/mol. The Morgan fingerprint density at radius 3 is 2.25 bits per heavy atom. The van der Waals surface area contributed by atoms with Crippen LogP contribution in [-0.2, 0) is 26.2 Å². The maximum absolute atomic E-state index is 14.0. The molecule has 0 aliphatic carbocycles. The third-order valence-electron chi connectivity index (χ3n) is 6.47. The largest absolute Gasteiger partial charge is 0.497 e. The molecule has 1 N–H and O–H groups in total. The molecule has 0 spiro atoms. The number of rotatable bonds is 13. The molecule has 0 unspecified atom stereocenters. The molecule has 8 nitrogen and oxygen atoms in total. The molecule has 3 rings (SSSR count). The Kier molecular flexibility index (Phi) is 11.0. The summed E-state index contributed by atoms with van der Waals surface area (Å²) in [5.74, 6) is -0.169. The number of carbonyl (C=O) groups excluding carboxylic acids is 2. The lowest BCUT2D eigenvalue weighted by Gasteiger charge is -2.33. The predicted octanol–water partition coefficient (Wildman–Crippen LogP) is 4.86. The van der Waals surface area contributed by atoms with E-state index in [4.69, 9.17) is 4.74 Å². The number of nitrogens with zero attached hydrogens (tertiary/aromatic N) is 2. The number of benzene rings is 3. The van der Waals surface area contributed by atoms with Gasteiger partial charge in [-0.15, -0.1) is 11.8 Å². The van der Waals surface area contributed by atoms with E-state index in [0.29, 0.717) is 24.4 Å². The number of nitrogens with one attached hydrogen (secondary N) is 1. The number of anilines is 1. The third kappa shape index (κ3) is 7.57. The summed E-state index contributed by atoms with van der Waals surface area (Å²) < 4.78 is 34.3. The molecular weight excluding hydrogens is 546 g/mol. The highest BCUT2D eigenvalue weighted by atomic mass is 32.2. The molecule has 3 aromatic rings. The fourth-order valence-electron chi connectivity index (χ4n) is 4.29. The van der Waals surface area contributed by atoms with E-state index >= 15 is 0 Å². The minimum Gasteiger partial charge on any atom is -0.497 e. The van der Waals surface area contributed by atoms with Gasteiger partial charge in [0.1, 0.15) is 18.3 Å². The maximum atomic E-state index is 14.0. The Hall–Kier alpha value is -3.50. The van der Waals surface area contributed by atoms with Crippen LogP contribution in [0.5, 0.6) is 5.75 Å². The van der Waals surface area contributed by atoms with Crippen LogP contribution in [0.3, 0.4) is 0 Å². The molecule has 0 fully saturated rings. The summed E-state index contributed by atoms with van der Waals surface area (Å²) in [6.07, 6.45) is 2.27. The number of aryl methyl sites for hydroxylation is 1. The second-order valence-electron chi connectivity index (χ2n) is 9.21. The van der Waals surface area contributed by atoms with Gasteiger partial charge in [0.2, 0.25) is 11.8 Å². The van der Waals surface area contributed by atoms with E-state index in [0.717, 1.165) is 20.3 Å². The molecule has 0 aliphatic heterocycles. The Morgan fingerprint density at radius 1 is 1.00 bits per heavy atom. The molecule has 2 amide bonds. The smallest absolute Gasteiger partial charge is 0.264 e. The van der Waals surface area contributed by atoms with Crippen LogP contribution in [0.4, 0.5) is 5.69 Å². The molecule has 1 atom stereocenters. The molecule has 0 aromatic heterocycles. The second-order valence-corrected chi connectivity index (χ2v) is 12.0. The van der Waals surface area contributed by atoms with E-state index in [-0.39, 0.29) is 17.3 Å². The molecule has 0 saturated carbocycles. The summed E-state index contributed by atoms with van der Waals surface area (Å²) in [6, 6.07) is 20.0. The number of carbonyl (C=O) groups is 2. The van der Waals surface area contributed by atoms with Crippen LogP contribution < -0.4 is 14.4 Å². The van der Waals surface area contributed by atoms with E-state index in [2.05, 4.69) is 5.32 Å². The Bertz CT molecular complexity index is 1390. The number of hydrogen-bond acceptors (Lipinski definition) is 6. The van der Waals surface area contributed by atoms with Crippen LogP contribution in [0.1, 0.15) is 31.4 Å². The van der Waals surface area contributed by atoms with Gasteiger partial charge in [-0.3, -0.25) is 13.9 Å². The molecule has 40 heavy (non-hydrogen) atoms. The van der Waals surface area contributed by atoms with E-state index in [1.807, 2.05) is 39.2 Å². The number of thioether (sulfide) groups is 1. The number of likely N-dealkylation sites (N-methyl/N-ethyl adjacent to an activating group) is 1. The summed E-state index contributed by atoms with van der Waals surface area (Å²) >= 11 is 1.51. The zero-order chi connectivity index (χ0) is 29.3. The van der Waals surface area contributed by atoms with Crippen molar-refractivity contribution in [3.05, 3.63) is 83.9 Å². The molecule has 10 heteroatoms. The van der Waals surface area contributed by atoms with E-state index in [1.165, 1.54) is 16.7 Å². The number of methoxy groups -OCH3 is 1. The van der Waals surface area contributed by atoms with Gasteiger partial charge in [-0.05, 0) is 80.6 Å².